The number of fused-ring (bicyclic) bond motifs is 1. The van der Waals surface area contributed by atoms with Crippen LogP contribution in [0.15, 0.2) is 42.5 Å². The van der Waals surface area contributed by atoms with E-state index in [4.69, 9.17) is 0 Å². The molecule has 7 heteroatoms. The number of benzene rings is 2. The Bertz CT molecular complexity index is 880. The van der Waals surface area contributed by atoms with Gasteiger partial charge in [-0.3, -0.25) is 4.90 Å². The Hall–Kier alpha value is -2.64. The number of hydrogen-bond acceptors (Lipinski definition) is 4. The van der Waals surface area contributed by atoms with Gasteiger partial charge in [0, 0.05) is 57.7 Å². The molecule has 6 nitrogen and oxygen atoms in total. The van der Waals surface area contributed by atoms with Gasteiger partial charge in [0.15, 0.2) is 0 Å². The average Bonchev–Trinajstić information content (AvgIpc) is 3.11. The van der Waals surface area contributed by atoms with E-state index in [1.807, 2.05) is 0 Å². The van der Waals surface area contributed by atoms with E-state index in [-0.39, 0.29) is 17.9 Å². The Morgan fingerprint density at radius 3 is 2.50 bits per heavy atom. The number of hydrogen-bond donors (Lipinski definition) is 2. The van der Waals surface area contributed by atoms with Gasteiger partial charge in [0.2, 0.25) is 0 Å². The second kappa shape index (κ2) is 9.02. The third-order valence-electron chi connectivity index (χ3n) is 6.15. The molecule has 0 radical (unpaired) electrons. The second-order valence-electron chi connectivity index (χ2n) is 8.26. The summed E-state index contributed by atoms with van der Waals surface area (Å²) in [5.41, 5.74) is 4.50. The maximum atomic E-state index is 13.1. The van der Waals surface area contributed by atoms with Crippen LogP contribution in [0.1, 0.15) is 17.2 Å². The summed E-state index contributed by atoms with van der Waals surface area (Å²) in [4.78, 5) is 19.5. The van der Waals surface area contributed by atoms with Crippen molar-refractivity contribution in [3.8, 4) is 0 Å². The number of carbonyl (C=O) groups excluding carboxylic acids is 1. The number of halogens is 1. The van der Waals surface area contributed by atoms with Crippen molar-refractivity contribution in [3.05, 3.63) is 59.4 Å². The molecule has 1 atom stereocenters. The largest absolute Gasteiger partial charge is 0.374 e. The third kappa shape index (κ3) is 4.74. The number of nitrogens with zero attached hydrogens (tertiary/aromatic N) is 3. The fourth-order valence-electron chi connectivity index (χ4n) is 4.28. The van der Waals surface area contributed by atoms with E-state index >= 15 is 0 Å². The molecule has 0 bridgehead atoms. The maximum Gasteiger partial charge on any atom is 0.319 e. The number of anilines is 2. The molecule has 0 aliphatic carbocycles. The smallest absolute Gasteiger partial charge is 0.319 e. The molecule has 2 amide bonds. The van der Waals surface area contributed by atoms with Crippen molar-refractivity contribution in [2.24, 2.45) is 0 Å². The van der Waals surface area contributed by atoms with Crippen LogP contribution in [0.4, 0.5) is 20.6 Å². The highest BCUT2D eigenvalue weighted by Crippen LogP contribution is 2.31. The topological polar surface area (TPSA) is 50.9 Å². The molecular weight excluding hydrogens is 381 g/mol. The fourth-order valence-corrected chi connectivity index (χ4v) is 4.28. The molecule has 1 fully saturated rings. The number of likely N-dealkylation sites (N-methyl/N-ethyl adjacent to an activating group) is 2. The van der Waals surface area contributed by atoms with Gasteiger partial charge in [0.25, 0.3) is 0 Å². The fraction of sp³-hybridized carbons (Fsp3) is 0.435. The molecule has 4 rings (SSSR count). The molecule has 2 N–H and O–H groups in total. The molecule has 0 spiro atoms. The lowest BCUT2D eigenvalue weighted by Crippen LogP contribution is -2.48. The highest BCUT2D eigenvalue weighted by Gasteiger charge is 2.26. The van der Waals surface area contributed by atoms with Crippen molar-refractivity contribution in [2.75, 3.05) is 63.6 Å². The van der Waals surface area contributed by atoms with E-state index in [1.54, 1.807) is 12.1 Å². The normalized spacial score (nSPS) is 18.2. The first kappa shape index (κ1) is 20.6. The van der Waals surface area contributed by atoms with E-state index < -0.39 is 0 Å². The summed E-state index contributed by atoms with van der Waals surface area (Å²) in [7, 11) is 4.27. The molecule has 0 saturated carbocycles. The molecule has 2 aliphatic rings. The van der Waals surface area contributed by atoms with Crippen LogP contribution in [-0.4, -0.2) is 69.2 Å². The van der Waals surface area contributed by atoms with Crippen LogP contribution < -0.4 is 15.5 Å². The summed E-state index contributed by atoms with van der Waals surface area (Å²) in [6.07, 6.45) is 1.06. The molecule has 1 saturated heterocycles. The molecule has 1 unspecified atom stereocenters. The maximum absolute atomic E-state index is 13.1. The zero-order valence-corrected chi connectivity index (χ0v) is 17.7. The first-order valence-corrected chi connectivity index (χ1v) is 10.6. The quantitative estimate of drug-likeness (QED) is 0.794. The molecule has 2 heterocycles. The summed E-state index contributed by atoms with van der Waals surface area (Å²) in [5.74, 6) is -0.321. The predicted octanol–water partition coefficient (Wildman–Crippen LogP) is 2.93. The minimum absolute atomic E-state index is 0.119. The highest BCUT2D eigenvalue weighted by molar-refractivity contribution is 5.89. The number of nitrogens with one attached hydrogen (secondary N) is 2. The molecule has 2 aromatic carbocycles. The van der Waals surface area contributed by atoms with Crippen molar-refractivity contribution in [1.82, 2.24) is 15.1 Å². The summed E-state index contributed by atoms with van der Waals surface area (Å²) < 4.78 is 13.1. The van der Waals surface area contributed by atoms with E-state index in [2.05, 4.69) is 57.6 Å². The van der Waals surface area contributed by atoms with Crippen LogP contribution in [0.2, 0.25) is 0 Å². The Kier molecular flexibility index (Phi) is 6.20. The molecule has 160 valence electrons. The summed E-state index contributed by atoms with van der Waals surface area (Å²) in [6, 6.07) is 12.3. The minimum atomic E-state index is -0.321. The van der Waals surface area contributed by atoms with Crippen LogP contribution in [0, 0.1) is 5.82 Å². The zero-order chi connectivity index (χ0) is 21.1. The Labute approximate surface area is 177 Å². The van der Waals surface area contributed by atoms with E-state index in [0.717, 1.165) is 39.1 Å². The summed E-state index contributed by atoms with van der Waals surface area (Å²) in [5, 5.41) is 5.80. The Morgan fingerprint density at radius 1 is 1.03 bits per heavy atom. The molecule has 2 aromatic rings. The second-order valence-corrected chi connectivity index (χ2v) is 8.26. The van der Waals surface area contributed by atoms with E-state index in [9.17, 15) is 9.18 Å². The molecule has 30 heavy (non-hydrogen) atoms. The number of piperazine rings is 1. The van der Waals surface area contributed by atoms with Crippen molar-refractivity contribution in [1.29, 1.82) is 0 Å². The van der Waals surface area contributed by atoms with Crippen LogP contribution >= 0.6 is 0 Å². The van der Waals surface area contributed by atoms with Gasteiger partial charge in [-0.25, -0.2) is 9.18 Å². The number of rotatable bonds is 5. The van der Waals surface area contributed by atoms with E-state index in [0.29, 0.717) is 12.2 Å². The van der Waals surface area contributed by atoms with Crippen LogP contribution in [-0.2, 0) is 6.42 Å². The van der Waals surface area contributed by atoms with Crippen molar-refractivity contribution >= 4 is 17.4 Å². The minimum Gasteiger partial charge on any atom is -0.374 e. The van der Waals surface area contributed by atoms with Gasteiger partial charge in [-0.05, 0) is 54.9 Å². The lowest BCUT2D eigenvalue weighted by Gasteiger charge is -2.38. The van der Waals surface area contributed by atoms with Gasteiger partial charge in [-0.2, -0.15) is 0 Å². The van der Waals surface area contributed by atoms with Gasteiger partial charge >= 0.3 is 6.03 Å². The molecule has 2 aliphatic heterocycles. The SMILES string of the molecule is CN1CCN(C(CNC(=O)Nc2ccc(F)cc2)c2ccc3c(c2)CCN3C)CC1. The van der Waals surface area contributed by atoms with Crippen molar-refractivity contribution in [3.63, 3.8) is 0 Å². The molecular formula is C23H30FN5O. The average molecular weight is 412 g/mol. The monoisotopic (exact) mass is 411 g/mol. The number of carbonyl (C=O) groups is 1. The van der Waals surface area contributed by atoms with Crippen molar-refractivity contribution in [2.45, 2.75) is 12.5 Å². The standard InChI is InChI=1S/C23H30FN5O/c1-27-11-13-29(14-12-27)22(17-3-8-21-18(15-17)9-10-28(21)2)16-25-23(30)26-20-6-4-19(24)5-7-20/h3-8,15,22H,9-14,16H2,1-2H3,(H2,25,26,30). The molecule has 0 aromatic heterocycles. The predicted molar refractivity (Wildman–Crippen MR) is 119 cm³/mol. The summed E-state index contributed by atoms with van der Waals surface area (Å²) >= 11 is 0. The van der Waals surface area contributed by atoms with Gasteiger partial charge in [-0.15, -0.1) is 0 Å². The number of amides is 2. The lowest BCUT2D eigenvalue weighted by molar-refractivity contribution is 0.111. The highest BCUT2D eigenvalue weighted by atomic mass is 19.1. The zero-order valence-electron chi connectivity index (χ0n) is 17.7. The van der Waals surface area contributed by atoms with Gasteiger partial charge < -0.3 is 20.4 Å². The third-order valence-corrected chi connectivity index (χ3v) is 6.15. The lowest BCUT2D eigenvalue weighted by atomic mass is 10.00. The van der Waals surface area contributed by atoms with Gasteiger partial charge in [-0.1, -0.05) is 12.1 Å². The first-order valence-electron chi connectivity index (χ1n) is 10.6. The van der Waals surface area contributed by atoms with E-state index in [1.165, 1.54) is 28.9 Å². The first-order chi connectivity index (χ1) is 14.5. The van der Waals surface area contributed by atoms with Crippen molar-refractivity contribution < 1.29 is 9.18 Å². The Morgan fingerprint density at radius 2 is 1.77 bits per heavy atom. The van der Waals surface area contributed by atoms with Crippen LogP contribution in [0.5, 0.6) is 0 Å². The van der Waals surface area contributed by atoms with Crippen LogP contribution in [0.3, 0.4) is 0 Å². The Balaban J connectivity index is 1.46. The van der Waals surface area contributed by atoms with Crippen LogP contribution in [0.25, 0.3) is 0 Å². The number of urea groups is 1. The van der Waals surface area contributed by atoms with Gasteiger partial charge in [0.05, 0.1) is 6.04 Å². The van der Waals surface area contributed by atoms with Gasteiger partial charge in [0.1, 0.15) is 5.82 Å². The summed E-state index contributed by atoms with van der Waals surface area (Å²) in [6.45, 7) is 5.55.